The number of amides is 2. The van der Waals surface area contributed by atoms with Gasteiger partial charge in [-0.05, 0) is 47.4 Å². The number of nitrogens with one attached hydrogen (secondary N) is 2. The lowest BCUT2D eigenvalue weighted by Crippen LogP contribution is -2.54. The Kier molecular flexibility index (Phi) is 8.88. The van der Waals surface area contributed by atoms with Crippen molar-refractivity contribution in [2.75, 3.05) is 7.11 Å². The van der Waals surface area contributed by atoms with Crippen LogP contribution in [-0.4, -0.2) is 37.6 Å². The molecule has 1 aliphatic rings. The summed E-state index contributed by atoms with van der Waals surface area (Å²) in [6.07, 6.45) is -10.6. The van der Waals surface area contributed by atoms with Gasteiger partial charge in [0.2, 0.25) is 5.92 Å². The third kappa shape index (κ3) is 7.05. The van der Waals surface area contributed by atoms with Crippen molar-refractivity contribution < 1.29 is 49.4 Å². The number of benzene rings is 3. The van der Waals surface area contributed by atoms with Gasteiger partial charge in [-0.15, -0.1) is 0 Å². The van der Waals surface area contributed by atoms with Gasteiger partial charge < -0.3 is 20.1 Å². The number of hydrogen-bond acceptors (Lipinski definition) is 3. The Bertz CT molecular complexity index is 1410. The summed E-state index contributed by atoms with van der Waals surface area (Å²) < 4.78 is 120. The second-order valence-corrected chi connectivity index (χ2v) is 9.95. The van der Waals surface area contributed by atoms with Gasteiger partial charge in [0.15, 0.2) is 11.6 Å². The molecule has 4 rings (SSSR count). The molecule has 0 aromatic heterocycles. The molecular weight excluding hydrogens is 576 g/mol. The van der Waals surface area contributed by atoms with E-state index in [1.807, 2.05) is 0 Å². The quantitative estimate of drug-likeness (QED) is 0.242. The van der Waals surface area contributed by atoms with Crippen molar-refractivity contribution in [3.8, 4) is 11.5 Å². The molecular formula is C29H26F8N2O3. The Morgan fingerprint density at radius 1 is 1.02 bits per heavy atom. The van der Waals surface area contributed by atoms with E-state index in [0.717, 1.165) is 18.2 Å². The predicted octanol–water partition coefficient (Wildman–Crippen LogP) is 7.18. The first-order valence-corrected chi connectivity index (χ1v) is 12.7. The molecule has 1 unspecified atom stereocenters. The number of carbonyl (C=O) groups excluding carboxylic acids is 1. The molecule has 3 aromatic carbocycles. The SMILES string of the molecule is COc1ccc([C@@](Cc2ccccc2)(NC(=O)NC2CCC(F)(F)C2)c2cc(F)cc(OC(F)(F)C(F)F)c2)cc1F. The molecule has 5 nitrogen and oxygen atoms in total. The fourth-order valence-electron chi connectivity index (χ4n) is 4.95. The summed E-state index contributed by atoms with van der Waals surface area (Å²) >= 11 is 0. The van der Waals surface area contributed by atoms with Crippen molar-refractivity contribution in [2.24, 2.45) is 0 Å². The number of ether oxygens (including phenoxy) is 2. The summed E-state index contributed by atoms with van der Waals surface area (Å²) in [5, 5.41) is 5.05. The molecule has 0 radical (unpaired) electrons. The molecule has 1 fully saturated rings. The molecule has 2 N–H and O–H groups in total. The van der Waals surface area contributed by atoms with Gasteiger partial charge in [0.25, 0.3) is 0 Å². The Balaban J connectivity index is 1.88. The van der Waals surface area contributed by atoms with E-state index in [2.05, 4.69) is 15.4 Å². The Morgan fingerprint density at radius 3 is 2.33 bits per heavy atom. The Hall–Kier alpha value is -4.03. The van der Waals surface area contributed by atoms with Crippen molar-refractivity contribution in [3.63, 3.8) is 0 Å². The lowest BCUT2D eigenvalue weighted by atomic mass is 9.77. The van der Waals surface area contributed by atoms with Crippen LogP contribution in [0.1, 0.15) is 36.0 Å². The largest absolute Gasteiger partial charge is 0.494 e. The van der Waals surface area contributed by atoms with Crippen molar-refractivity contribution >= 4 is 6.03 Å². The van der Waals surface area contributed by atoms with E-state index in [-0.39, 0.29) is 29.7 Å². The maximum Gasteiger partial charge on any atom is 0.461 e. The third-order valence-electron chi connectivity index (χ3n) is 6.89. The van der Waals surface area contributed by atoms with Crippen LogP contribution in [0.15, 0.2) is 66.7 Å². The molecule has 2 amide bonds. The van der Waals surface area contributed by atoms with E-state index >= 15 is 4.39 Å². The standard InChI is InChI=1S/C29H26F8N2O3/c1-41-24-8-7-18(13-23(24)31)28(15-17-5-3-2-4-6-17,39-26(40)38-21-9-10-27(34,35)16-21)19-11-20(30)14-22(12-19)42-29(36,37)25(32)33/h2-8,11-14,21,25H,9-10,15-16H2,1H3,(H2,38,39,40)/t21?,28-/m1/s1. The summed E-state index contributed by atoms with van der Waals surface area (Å²) in [5.74, 6) is -6.29. The number of halogens is 8. The van der Waals surface area contributed by atoms with Gasteiger partial charge in [0, 0.05) is 31.4 Å². The van der Waals surface area contributed by atoms with Crippen LogP contribution >= 0.6 is 0 Å². The molecule has 0 heterocycles. The molecule has 0 saturated heterocycles. The number of alkyl halides is 6. The molecule has 1 aliphatic carbocycles. The van der Waals surface area contributed by atoms with E-state index in [9.17, 15) is 35.5 Å². The van der Waals surface area contributed by atoms with Crippen LogP contribution < -0.4 is 20.1 Å². The highest BCUT2D eigenvalue weighted by Crippen LogP contribution is 2.39. The van der Waals surface area contributed by atoms with Gasteiger partial charge in [-0.2, -0.15) is 17.6 Å². The zero-order valence-electron chi connectivity index (χ0n) is 22.1. The minimum Gasteiger partial charge on any atom is -0.494 e. The number of urea groups is 1. The lowest BCUT2D eigenvalue weighted by Gasteiger charge is -2.37. The van der Waals surface area contributed by atoms with Gasteiger partial charge in [-0.1, -0.05) is 36.4 Å². The fraction of sp³-hybridized carbons (Fsp3) is 0.345. The summed E-state index contributed by atoms with van der Waals surface area (Å²) in [7, 11) is 1.21. The summed E-state index contributed by atoms with van der Waals surface area (Å²) in [5.41, 5.74) is -1.80. The predicted molar refractivity (Wildman–Crippen MR) is 136 cm³/mol. The Labute approximate surface area is 235 Å². The second kappa shape index (κ2) is 12.1. The number of methoxy groups -OCH3 is 1. The van der Waals surface area contributed by atoms with Crippen LogP contribution in [0, 0.1) is 11.6 Å². The minimum atomic E-state index is -4.99. The number of carbonyl (C=O) groups is 1. The smallest absolute Gasteiger partial charge is 0.461 e. The molecule has 42 heavy (non-hydrogen) atoms. The van der Waals surface area contributed by atoms with Gasteiger partial charge in [-0.3, -0.25) is 0 Å². The van der Waals surface area contributed by atoms with Crippen molar-refractivity contribution in [2.45, 2.75) is 55.7 Å². The summed E-state index contributed by atoms with van der Waals surface area (Å²) in [6, 6.07) is 11.9. The molecule has 1 saturated carbocycles. The first-order valence-electron chi connectivity index (χ1n) is 12.7. The Morgan fingerprint density at radius 2 is 1.74 bits per heavy atom. The van der Waals surface area contributed by atoms with Gasteiger partial charge >= 0.3 is 18.6 Å². The van der Waals surface area contributed by atoms with E-state index in [1.54, 1.807) is 30.3 Å². The zero-order chi connectivity index (χ0) is 30.7. The van der Waals surface area contributed by atoms with Crippen molar-refractivity contribution in [1.82, 2.24) is 10.6 Å². The normalized spacial score (nSPS) is 17.9. The first kappa shape index (κ1) is 30.9. The average Bonchev–Trinajstić information content (AvgIpc) is 3.25. The van der Waals surface area contributed by atoms with E-state index in [1.165, 1.54) is 19.2 Å². The first-order chi connectivity index (χ1) is 19.7. The molecule has 0 aliphatic heterocycles. The molecule has 13 heteroatoms. The van der Waals surface area contributed by atoms with Gasteiger partial charge in [0.1, 0.15) is 11.6 Å². The third-order valence-corrected chi connectivity index (χ3v) is 6.89. The monoisotopic (exact) mass is 602 g/mol. The van der Waals surface area contributed by atoms with Crippen LogP contribution in [0.3, 0.4) is 0 Å². The highest BCUT2D eigenvalue weighted by Gasteiger charge is 2.45. The topological polar surface area (TPSA) is 59.6 Å². The second-order valence-electron chi connectivity index (χ2n) is 9.95. The minimum absolute atomic E-state index is 0.0336. The van der Waals surface area contributed by atoms with E-state index in [4.69, 9.17) is 4.74 Å². The van der Waals surface area contributed by atoms with Crippen LogP contribution in [0.4, 0.5) is 39.9 Å². The average molecular weight is 603 g/mol. The molecule has 0 spiro atoms. The number of hydrogen-bond donors (Lipinski definition) is 2. The summed E-state index contributed by atoms with van der Waals surface area (Å²) in [6.45, 7) is 0. The maximum atomic E-state index is 15.0. The van der Waals surface area contributed by atoms with Gasteiger partial charge in [-0.25, -0.2) is 22.4 Å². The highest BCUT2D eigenvalue weighted by molar-refractivity contribution is 5.76. The van der Waals surface area contributed by atoms with Gasteiger partial charge in [0.05, 0.1) is 12.6 Å². The molecule has 226 valence electrons. The lowest BCUT2D eigenvalue weighted by molar-refractivity contribution is -0.253. The van der Waals surface area contributed by atoms with Crippen LogP contribution in [0.5, 0.6) is 11.5 Å². The maximum absolute atomic E-state index is 15.0. The fourth-order valence-corrected chi connectivity index (χ4v) is 4.95. The molecule has 3 aromatic rings. The van der Waals surface area contributed by atoms with Crippen molar-refractivity contribution in [1.29, 1.82) is 0 Å². The van der Waals surface area contributed by atoms with Crippen LogP contribution in [-0.2, 0) is 12.0 Å². The van der Waals surface area contributed by atoms with Crippen LogP contribution in [0.25, 0.3) is 0 Å². The molecule has 0 bridgehead atoms. The number of rotatable bonds is 10. The zero-order valence-corrected chi connectivity index (χ0v) is 22.1. The van der Waals surface area contributed by atoms with Crippen LogP contribution in [0.2, 0.25) is 0 Å². The van der Waals surface area contributed by atoms with Crippen molar-refractivity contribution in [3.05, 3.63) is 95.1 Å². The van der Waals surface area contributed by atoms with E-state index < -0.39 is 66.3 Å². The molecule has 2 atom stereocenters. The summed E-state index contributed by atoms with van der Waals surface area (Å²) in [4.78, 5) is 13.3. The van der Waals surface area contributed by atoms with E-state index in [0.29, 0.717) is 11.6 Å². The highest BCUT2D eigenvalue weighted by atomic mass is 19.3.